The van der Waals surface area contributed by atoms with E-state index < -0.39 is 0 Å². The van der Waals surface area contributed by atoms with Crippen molar-refractivity contribution in [3.8, 4) is 0 Å². The van der Waals surface area contributed by atoms with Crippen LogP contribution >= 0.6 is 15.9 Å². The van der Waals surface area contributed by atoms with Crippen LogP contribution in [0.1, 0.15) is 30.4 Å². The molecule has 7 heteroatoms. The molecular weight excluding hydrogens is 416 g/mol. The summed E-state index contributed by atoms with van der Waals surface area (Å²) in [5.74, 6) is 0.914. The summed E-state index contributed by atoms with van der Waals surface area (Å²) in [6.45, 7) is 4.18. The topological polar surface area (TPSA) is 57.5 Å². The molecule has 0 unspecified atom stereocenters. The van der Waals surface area contributed by atoms with Gasteiger partial charge in [-0.1, -0.05) is 28.1 Å². The van der Waals surface area contributed by atoms with Crippen molar-refractivity contribution in [2.75, 3.05) is 26.7 Å². The highest BCUT2D eigenvalue weighted by Gasteiger charge is 2.20. The molecule has 1 saturated heterocycles. The summed E-state index contributed by atoms with van der Waals surface area (Å²) in [5, 5.41) is 11.2. The molecule has 0 radical (unpaired) electrons. The van der Waals surface area contributed by atoms with E-state index in [2.05, 4.69) is 72.0 Å². The van der Waals surface area contributed by atoms with Crippen LogP contribution in [0, 0.1) is 0 Å². The molecule has 0 saturated carbocycles. The second-order valence-corrected chi connectivity index (χ2v) is 8.36. The van der Waals surface area contributed by atoms with Crippen molar-refractivity contribution >= 4 is 21.9 Å². The van der Waals surface area contributed by atoms with E-state index in [1.54, 1.807) is 0 Å². The highest BCUT2D eigenvalue weighted by atomic mass is 79.9. The average Bonchev–Trinajstić information content (AvgIpc) is 3.12. The molecule has 1 aromatic carbocycles. The van der Waals surface area contributed by atoms with Gasteiger partial charge in [-0.3, -0.25) is 14.6 Å². The summed E-state index contributed by atoms with van der Waals surface area (Å²) in [5.41, 5.74) is 2.66. The van der Waals surface area contributed by atoms with Crippen LogP contribution in [0.2, 0.25) is 0 Å². The molecule has 2 heterocycles. The predicted octanol–water partition coefficient (Wildman–Crippen LogP) is 2.94. The zero-order valence-corrected chi connectivity index (χ0v) is 18.5. The zero-order valence-electron chi connectivity index (χ0n) is 16.9. The molecule has 0 amide bonds. The molecule has 0 aliphatic carbocycles. The van der Waals surface area contributed by atoms with Crippen LogP contribution < -0.4 is 10.6 Å². The van der Waals surface area contributed by atoms with E-state index in [9.17, 15) is 0 Å². The lowest BCUT2D eigenvalue weighted by molar-refractivity contribution is 0.198. The molecule has 3 rings (SSSR count). The summed E-state index contributed by atoms with van der Waals surface area (Å²) < 4.78 is 2.99. The molecule has 1 fully saturated rings. The minimum Gasteiger partial charge on any atom is -0.356 e. The number of halogens is 1. The number of hydrogen-bond acceptors (Lipinski definition) is 3. The largest absolute Gasteiger partial charge is 0.356 e. The Bertz CT molecular complexity index is 747. The zero-order chi connectivity index (χ0) is 19.8. The number of nitrogens with one attached hydrogen (secondary N) is 2. The van der Waals surface area contributed by atoms with Crippen molar-refractivity contribution in [3.63, 3.8) is 0 Å². The third kappa shape index (κ3) is 6.63. The molecule has 0 bridgehead atoms. The molecule has 2 N–H and O–H groups in total. The van der Waals surface area contributed by atoms with Crippen molar-refractivity contribution in [1.82, 2.24) is 25.3 Å². The van der Waals surface area contributed by atoms with Gasteiger partial charge < -0.3 is 10.6 Å². The number of piperidine rings is 1. The van der Waals surface area contributed by atoms with Gasteiger partial charge in [0.25, 0.3) is 0 Å². The first-order chi connectivity index (χ1) is 13.6. The Morgan fingerprint density at radius 3 is 2.61 bits per heavy atom. The van der Waals surface area contributed by atoms with Crippen molar-refractivity contribution in [2.24, 2.45) is 12.0 Å². The SMILES string of the molecule is CN=C(NCCCc1cnn(C)c1)NC1CCN(Cc2ccc(Br)cc2)CC1. The summed E-state index contributed by atoms with van der Waals surface area (Å²) in [7, 11) is 3.80. The predicted molar refractivity (Wildman–Crippen MR) is 118 cm³/mol. The second-order valence-electron chi connectivity index (χ2n) is 7.45. The second kappa shape index (κ2) is 10.6. The number of nitrogens with zero attached hydrogens (tertiary/aromatic N) is 4. The Hall–Kier alpha value is -1.86. The minimum atomic E-state index is 0.491. The molecular formula is C21H31BrN6. The quantitative estimate of drug-likeness (QED) is 0.389. The van der Waals surface area contributed by atoms with Gasteiger partial charge in [-0.05, 0) is 48.9 Å². The van der Waals surface area contributed by atoms with Crippen LogP contribution in [0.25, 0.3) is 0 Å². The Morgan fingerprint density at radius 1 is 1.21 bits per heavy atom. The first-order valence-electron chi connectivity index (χ1n) is 10.0. The number of likely N-dealkylation sites (tertiary alicyclic amines) is 1. The van der Waals surface area contributed by atoms with Crippen molar-refractivity contribution in [2.45, 2.75) is 38.3 Å². The van der Waals surface area contributed by atoms with Crippen molar-refractivity contribution in [1.29, 1.82) is 0 Å². The lowest BCUT2D eigenvalue weighted by Crippen LogP contribution is -2.48. The number of rotatable bonds is 7. The number of benzene rings is 1. The van der Waals surface area contributed by atoms with Gasteiger partial charge in [-0.25, -0.2) is 0 Å². The fourth-order valence-electron chi connectivity index (χ4n) is 3.57. The van der Waals surface area contributed by atoms with Crippen LogP contribution in [0.4, 0.5) is 0 Å². The van der Waals surface area contributed by atoms with Crippen molar-refractivity contribution < 1.29 is 0 Å². The summed E-state index contributed by atoms with van der Waals surface area (Å²) >= 11 is 3.50. The molecule has 1 aliphatic heterocycles. The standard InChI is InChI=1S/C21H31BrN6/c1-23-21(24-11-3-4-18-14-25-27(2)15-18)26-20-9-12-28(13-10-20)16-17-5-7-19(22)8-6-17/h5-8,14-15,20H,3-4,9-13,16H2,1-2H3,(H2,23,24,26). The summed E-state index contributed by atoms with van der Waals surface area (Å²) in [6.07, 6.45) is 8.41. The molecule has 1 aromatic heterocycles. The molecule has 2 aromatic rings. The first kappa shape index (κ1) is 20.9. The normalized spacial score (nSPS) is 16.3. The van der Waals surface area contributed by atoms with Gasteiger partial charge in [0, 0.05) is 57.0 Å². The fraction of sp³-hybridized carbons (Fsp3) is 0.524. The van der Waals surface area contributed by atoms with E-state index in [4.69, 9.17) is 0 Å². The Kier molecular flexibility index (Phi) is 7.91. The van der Waals surface area contributed by atoms with Gasteiger partial charge in [0.1, 0.15) is 0 Å². The number of hydrogen-bond donors (Lipinski definition) is 2. The Labute approximate surface area is 176 Å². The van der Waals surface area contributed by atoms with Crippen LogP contribution in [-0.4, -0.2) is 53.4 Å². The van der Waals surface area contributed by atoms with E-state index >= 15 is 0 Å². The minimum absolute atomic E-state index is 0.491. The lowest BCUT2D eigenvalue weighted by Gasteiger charge is -2.33. The smallest absolute Gasteiger partial charge is 0.191 e. The van der Waals surface area contributed by atoms with E-state index in [0.29, 0.717) is 6.04 Å². The summed E-state index contributed by atoms with van der Waals surface area (Å²) in [4.78, 5) is 6.92. The van der Waals surface area contributed by atoms with Gasteiger partial charge in [-0.2, -0.15) is 5.10 Å². The van der Waals surface area contributed by atoms with Crippen LogP contribution in [-0.2, 0) is 20.0 Å². The highest BCUT2D eigenvalue weighted by Crippen LogP contribution is 2.16. The number of aromatic nitrogens is 2. The van der Waals surface area contributed by atoms with E-state index in [1.807, 2.05) is 25.0 Å². The van der Waals surface area contributed by atoms with Crippen LogP contribution in [0.15, 0.2) is 46.1 Å². The first-order valence-corrected chi connectivity index (χ1v) is 10.8. The van der Waals surface area contributed by atoms with E-state index in [-0.39, 0.29) is 0 Å². The Balaban J connectivity index is 1.33. The van der Waals surface area contributed by atoms with Gasteiger partial charge in [-0.15, -0.1) is 0 Å². The third-order valence-corrected chi connectivity index (χ3v) is 5.69. The molecule has 0 atom stereocenters. The third-order valence-electron chi connectivity index (χ3n) is 5.16. The van der Waals surface area contributed by atoms with Gasteiger partial charge in [0.2, 0.25) is 0 Å². The van der Waals surface area contributed by atoms with Crippen LogP contribution in [0.5, 0.6) is 0 Å². The summed E-state index contributed by atoms with van der Waals surface area (Å²) in [6, 6.07) is 9.13. The van der Waals surface area contributed by atoms with Gasteiger partial charge >= 0.3 is 0 Å². The van der Waals surface area contributed by atoms with E-state index in [1.165, 1.54) is 11.1 Å². The van der Waals surface area contributed by atoms with Crippen LogP contribution in [0.3, 0.4) is 0 Å². The maximum Gasteiger partial charge on any atom is 0.191 e. The Morgan fingerprint density at radius 2 is 1.96 bits per heavy atom. The van der Waals surface area contributed by atoms with E-state index in [0.717, 1.165) is 62.3 Å². The maximum atomic E-state index is 4.39. The number of aliphatic imine (C=N–C) groups is 1. The lowest BCUT2D eigenvalue weighted by atomic mass is 10.0. The fourth-order valence-corrected chi connectivity index (χ4v) is 3.84. The number of guanidine groups is 1. The molecule has 6 nitrogen and oxygen atoms in total. The maximum absolute atomic E-state index is 4.39. The molecule has 1 aliphatic rings. The average molecular weight is 447 g/mol. The van der Waals surface area contributed by atoms with Crippen molar-refractivity contribution in [3.05, 3.63) is 52.3 Å². The van der Waals surface area contributed by atoms with Gasteiger partial charge in [0.05, 0.1) is 6.20 Å². The highest BCUT2D eigenvalue weighted by molar-refractivity contribution is 9.10. The molecule has 152 valence electrons. The molecule has 28 heavy (non-hydrogen) atoms. The van der Waals surface area contributed by atoms with Gasteiger partial charge in [0.15, 0.2) is 5.96 Å². The molecule has 0 spiro atoms. The number of aryl methyl sites for hydroxylation is 2. The monoisotopic (exact) mass is 446 g/mol.